The van der Waals surface area contributed by atoms with Crippen LogP contribution >= 0.6 is 11.5 Å². The number of anilines is 1. The van der Waals surface area contributed by atoms with E-state index in [-0.39, 0.29) is 11.6 Å². The fourth-order valence-corrected chi connectivity index (χ4v) is 4.68. The lowest BCUT2D eigenvalue weighted by molar-refractivity contribution is 0.0646. The summed E-state index contributed by atoms with van der Waals surface area (Å²) in [6.07, 6.45) is 1.54. The smallest absolute Gasteiger partial charge is 0.275 e. The molecule has 5 rings (SSSR count). The first kappa shape index (κ1) is 21.8. The molecule has 34 heavy (non-hydrogen) atoms. The summed E-state index contributed by atoms with van der Waals surface area (Å²) in [7, 11) is 0. The van der Waals surface area contributed by atoms with E-state index in [1.165, 1.54) is 35.8 Å². The van der Waals surface area contributed by atoms with Gasteiger partial charge in [0.25, 0.3) is 11.8 Å². The van der Waals surface area contributed by atoms with E-state index >= 15 is 0 Å². The number of amides is 2. The van der Waals surface area contributed by atoms with Crippen molar-refractivity contribution < 1.29 is 14.0 Å². The second-order valence-corrected chi connectivity index (χ2v) is 8.57. The van der Waals surface area contributed by atoms with Gasteiger partial charge in [-0.3, -0.25) is 14.6 Å². The van der Waals surface area contributed by atoms with E-state index in [0.29, 0.717) is 46.8 Å². The van der Waals surface area contributed by atoms with E-state index < -0.39 is 17.8 Å². The van der Waals surface area contributed by atoms with E-state index in [9.17, 15) is 14.0 Å². The van der Waals surface area contributed by atoms with E-state index in [1.54, 1.807) is 36.2 Å². The normalized spacial score (nSPS) is 15.1. The predicted octanol–water partition coefficient (Wildman–Crippen LogP) is 3.71. The van der Waals surface area contributed by atoms with Crippen LogP contribution in [-0.4, -0.2) is 47.2 Å². The van der Waals surface area contributed by atoms with Crippen LogP contribution in [0.3, 0.4) is 0 Å². The van der Waals surface area contributed by atoms with Crippen LogP contribution < -0.4 is 5.32 Å². The number of halogens is 1. The Labute approximate surface area is 198 Å². The van der Waals surface area contributed by atoms with Crippen LogP contribution in [0, 0.1) is 12.7 Å². The molecular formula is C23H20FN7O2S. The Hall–Kier alpha value is -3.99. The molecule has 1 unspecified atom stereocenters. The van der Waals surface area contributed by atoms with Gasteiger partial charge < -0.3 is 14.8 Å². The predicted molar refractivity (Wildman–Crippen MR) is 124 cm³/mol. The average Bonchev–Trinajstić information content (AvgIpc) is 3.44. The number of imidazole rings is 1. The number of hydrogen-bond donors (Lipinski definition) is 1. The molecule has 4 heterocycles. The Morgan fingerprint density at radius 2 is 1.91 bits per heavy atom. The second-order valence-electron chi connectivity index (χ2n) is 7.82. The first-order valence-corrected chi connectivity index (χ1v) is 11.4. The van der Waals surface area contributed by atoms with Gasteiger partial charge in [-0.25, -0.2) is 14.4 Å². The number of nitrogens with zero attached hydrogens (tertiary/aromatic N) is 6. The molecule has 0 bridgehead atoms. The van der Waals surface area contributed by atoms with Crippen molar-refractivity contribution in [3.05, 3.63) is 77.3 Å². The SMILES string of the molecule is Cc1nsc(-c2nc(NC(=O)c3ccccn3)c3n2CCN(C(=O)c2ccc(F)cc2)C3C)n1. The molecule has 1 aromatic carbocycles. The first-order valence-electron chi connectivity index (χ1n) is 10.6. The molecule has 0 spiro atoms. The summed E-state index contributed by atoms with van der Waals surface area (Å²) in [5, 5.41) is 3.48. The topological polar surface area (TPSA) is 106 Å². The monoisotopic (exact) mass is 477 g/mol. The number of hydrogen-bond acceptors (Lipinski definition) is 7. The van der Waals surface area contributed by atoms with Gasteiger partial charge in [0, 0.05) is 24.8 Å². The molecule has 4 aromatic rings. The summed E-state index contributed by atoms with van der Waals surface area (Å²) in [4.78, 5) is 41.0. The number of pyridine rings is 1. The Kier molecular flexibility index (Phi) is 5.62. The number of benzene rings is 1. The van der Waals surface area contributed by atoms with Crippen molar-refractivity contribution in [3.8, 4) is 10.8 Å². The van der Waals surface area contributed by atoms with Crippen LogP contribution in [0.15, 0.2) is 48.7 Å². The quantitative estimate of drug-likeness (QED) is 0.480. The summed E-state index contributed by atoms with van der Waals surface area (Å²) in [6, 6.07) is 10.1. The Morgan fingerprint density at radius 3 is 2.59 bits per heavy atom. The van der Waals surface area contributed by atoms with E-state index in [1.807, 2.05) is 11.5 Å². The van der Waals surface area contributed by atoms with Gasteiger partial charge in [0.05, 0.1) is 11.7 Å². The molecule has 1 N–H and O–H groups in total. The molecule has 9 nitrogen and oxygen atoms in total. The second kappa shape index (κ2) is 8.75. The number of aryl methyl sites for hydroxylation is 1. The number of carbonyl (C=O) groups excluding carboxylic acids is 2. The van der Waals surface area contributed by atoms with Gasteiger partial charge in [0.1, 0.15) is 17.3 Å². The van der Waals surface area contributed by atoms with E-state index in [4.69, 9.17) is 4.98 Å². The molecular weight excluding hydrogens is 457 g/mol. The lowest BCUT2D eigenvalue weighted by Crippen LogP contribution is -2.41. The minimum absolute atomic E-state index is 0.227. The molecule has 11 heteroatoms. The molecule has 1 aliphatic rings. The number of nitrogens with one attached hydrogen (secondary N) is 1. The maximum atomic E-state index is 13.4. The fraction of sp³-hybridized carbons (Fsp3) is 0.217. The van der Waals surface area contributed by atoms with Crippen LogP contribution in [0.4, 0.5) is 10.2 Å². The van der Waals surface area contributed by atoms with Gasteiger partial charge in [-0.2, -0.15) is 4.37 Å². The van der Waals surface area contributed by atoms with Crippen LogP contribution in [0.2, 0.25) is 0 Å². The molecule has 0 fully saturated rings. The molecule has 0 saturated carbocycles. The molecule has 2 amide bonds. The maximum absolute atomic E-state index is 13.4. The van der Waals surface area contributed by atoms with Crippen LogP contribution in [0.1, 0.15) is 45.3 Å². The van der Waals surface area contributed by atoms with Gasteiger partial charge in [0.2, 0.25) is 0 Å². The van der Waals surface area contributed by atoms with Gasteiger partial charge in [-0.1, -0.05) is 6.07 Å². The number of aromatic nitrogens is 5. The summed E-state index contributed by atoms with van der Waals surface area (Å²) < 4.78 is 19.6. The highest BCUT2D eigenvalue weighted by atomic mass is 32.1. The minimum Gasteiger partial charge on any atom is -0.328 e. The van der Waals surface area contributed by atoms with Gasteiger partial charge in [-0.15, -0.1) is 0 Å². The first-order chi connectivity index (χ1) is 16.4. The van der Waals surface area contributed by atoms with Crippen molar-refractivity contribution >= 4 is 29.2 Å². The molecule has 1 aliphatic heterocycles. The zero-order chi connectivity index (χ0) is 23.8. The maximum Gasteiger partial charge on any atom is 0.275 e. The van der Waals surface area contributed by atoms with Crippen LogP contribution in [0.5, 0.6) is 0 Å². The molecule has 0 aliphatic carbocycles. The van der Waals surface area contributed by atoms with Crippen molar-refractivity contribution in [1.29, 1.82) is 0 Å². The number of carbonyl (C=O) groups is 2. The van der Waals surface area contributed by atoms with Crippen molar-refractivity contribution in [3.63, 3.8) is 0 Å². The van der Waals surface area contributed by atoms with Crippen molar-refractivity contribution in [1.82, 2.24) is 28.8 Å². The average molecular weight is 478 g/mol. The van der Waals surface area contributed by atoms with E-state index in [0.717, 1.165) is 0 Å². The third-order valence-electron chi connectivity index (χ3n) is 5.63. The summed E-state index contributed by atoms with van der Waals surface area (Å²) in [5.74, 6) is 0.512. The van der Waals surface area contributed by atoms with Crippen LogP contribution in [-0.2, 0) is 6.54 Å². The Balaban J connectivity index is 1.54. The Bertz CT molecular complexity index is 1370. The van der Waals surface area contributed by atoms with Crippen LogP contribution in [0.25, 0.3) is 10.8 Å². The van der Waals surface area contributed by atoms with Crippen molar-refractivity contribution in [2.75, 3.05) is 11.9 Å². The molecule has 0 radical (unpaired) electrons. The van der Waals surface area contributed by atoms with Gasteiger partial charge in [0.15, 0.2) is 16.6 Å². The summed E-state index contributed by atoms with van der Waals surface area (Å²) in [5.41, 5.74) is 1.31. The standard InChI is InChI=1S/C23H20FN7O2S/c1-13-18-19(28-21(32)17-5-3-4-10-25-17)27-20(22-26-14(2)29-34-22)31(18)12-11-30(13)23(33)15-6-8-16(24)9-7-15/h3-10,13H,11-12H2,1-2H3,(H,28,32). The van der Waals surface area contributed by atoms with Crippen molar-refractivity contribution in [2.24, 2.45) is 0 Å². The molecule has 172 valence electrons. The lowest BCUT2D eigenvalue weighted by atomic mass is 10.1. The van der Waals surface area contributed by atoms with Gasteiger partial charge in [-0.05, 0) is 61.8 Å². The summed E-state index contributed by atoms with van der Waals surface area (Å²) >= 11 is 1.23. The highest BCUT2D eigenvalue weighted by Gasteiger charge is 2.35. The minimum atomic E-state index is -0.416. The fourth-order valence-electron chi connectivity index (χ4n) is 4.01. The number of fused-ring (bicyclic) bond motifs is 1. The summed E-state index contributed by atoms with van der Waals surface area (Å²) in [6.45, 7) is 4.54. The molecule has 1 atom stereocenters. The molecule has 0 saturated heterocycles. The Morgan fingerprint density at radius 1 is 1.12 bits per heavy atom. The highest BCUT2D eigenvalue weighted by molar-refractivity contribution is 7.09. The van der Waals surface area contributed by atoms with Crippen molar-refractivity contribution in [2.45, 2.75) is 26.4 Å². The zero-order valence-corrected chi connectivity index (χ0v) is 19.2. The third-order valence-corrected chi connectivity index (χ3v) is 6.44. The highest BCUT2D eigenvalue weighted by Crippen LogP contribution is 2.37. The largest absolute Gasteiger partial charge is 0.328 e. The van der Waals surface area contributed by atoms with E-state index in [2.05, 4.69) is 19.7 Å². The number of rotatable bonds is 4. The zero-order valence-electron chi connectivity index (χ0n) is 18.4. The third kappa shape index (κ3) is 3.94. The molecule has 3 aromatic heterocycles. The lowest BCUT2D eigenvalue weighted by Gasteiger charge is -2.35. The van der Waals surface area contributed by atoms with Gasteiger partial charge >= 0.3 is 0 Å².